The van der Waals surface area contributed by atoms with Gasteiger partial charge in [0.1, 0.15) is 0 Å². The van der Waals surface area contributed by atoms with E-state index in [4.69, 9.17) is 11.6 Å². The smallest absolute Gasteiger partial charge is 0.212 e. The van der Waals surface area contributed by atoms with Gasteiger partial charge in [0.15, 0.2) is 0 Å². The molecule has 1 aliphatic rings. The maximum absolute atomic E-state index is 12.6. The molecule has 0 aliphatic heterocycles. The van der Waals surface area contributed by atoms with Crippen molar-refractivity contribution in [3.8, 4) is 0 Å². The number of halogens is 1. The molecule has 0 saturated heterocycles. The lowest BCUT2D eigenvalue weighted by molar-refractivity contribution is 0.360. The lowest BCUT2D eigenvalue weighted by atomic mass is 9.91. The highest BCUT2D eigenvalue weighted by Crippen LogP contribution is 2.28. The van der Waals surface area contributed by atoms with Crippen LogP contribution in [0.1, 0.15) is 50.6 Å². The van der Waals surface area contributed by atoms with Crippen molar-refractivity contribution in [2.75, 3.05) is 12.8 Å². The van der Waals surface area contributed by atoms with Gasteiger partial charge in [0.05, 0.1) is 5.75 Å². The average molecular weight is 330 g/mol. The van der Waals surface area contributed by atoms with Crippen LogP contribution in [0.5, 0.6) is 0 Å². The minimum absolute atomic E-state index is 0.171. The zero-order valence-corrected chi connectivity index (χ0v) is 14.3. The molecule has 1 unspecified atom stereocenters. The summed E-state index contributed by atoms with van der Waals surface area (Å²) in [6.07, 6.45) is 5.66. The molecule has 0 heterocycles. The first kappa shape index (κ1) is 16.8. The molecule has 0 radical (unpaired) electrons. The van der Waals surface area contributed by atoms with Crippen LogP contribution in [0, 0.1) is 5.92 Å². The Kier molecular flexibility index (Phi) is 5.69. The first-order chi connectivity index (χ1) is 9.90. The summed E-state index contributed by atoms with van der Waals surface area (Å²) in [5.74, 6) is 0.602. The number of benzene rings is 1. The Morgan fingerprint density at radius 3 is 2.33 bits per heavy atom. The third kappa shape index (κ3) is 4.44. The van der Waals surface area contributed by atoms with Gasteiger partial charge in [-0.3, -0.25) is 0 Å². The summed E-state index contributed by atoms with van der Waals surface area (Å²) < 4.78 is 26.7. The van der Waals surface area contributed by atoms with E-state index in [2.05, 4.69) is 0 Å². The minimum atomic E-state index is -3.22. The van der Waals surface area contributed by atoms with E-state index < -0.39 is 10.0 Å². The van der Waals surface area contributed by atoms with E-state index in [1.807, 2.05) is 19.1 Å². The topological polar surface area (TPSA) is 37.4 Å². The molecular formula is C16H24ClNO2S. The van der Waals surface area contributed by atoms with Gasteiger partial charge in [0.2, 0.25) is 10.0 Å². The molecule has 0 N–H and O–H groups in total. The summed E-state index contributed by atoms with van der Waals surface area (Å²) in [6, 6.07) is 7.21. The fraction of sp³-hybridized carbons (Fsp3) is 0.625. The lowest BCUT2D eigenvalue weighted by Crippen LogP contribution is -2.34. The highest BCUT2D eigenvalue weighted by atomic mass is 35.5. The van der Waals surface area contributed by atoms with Gasteiger partial charge in [0, 0.05) is 18.1 Å². The first-order valence-corrected chi connectivity index (χ1v) is 9.60. The van der Waals surface area contributed by atoms with Gasteiger partial charge in [0.25, 0.3) is 0 Å². The highest BCUT2D eigenvalue weighted by molar-refractivity contribution is 7.89. The number of sulfonamides is 1. The van der Waals surface area contributed by atoms with Crippen molar-refractivity contribution in [1.82, 2.24) is 4.31 Å². The van der Waals surface area contributed by atoms with Gasteiger partial charge >= 0.3 is 0 Å². The molecular weight excluding hydrogens is 306 g/mol. The Hall–Kier alpha value is -0.580. The molecule has 5 heteroatoms. The van der Waals surface area contributed by atoms with E-state index in [1.54, 1.807) is 19.2 Å². The average Bonchev–Trinajstić information content (AvgIpc) is 2.47. The van der Waals surface area contributed by atoms with E-state index in [-0.39, 0.29) is 11.8 Å². The van der Waals surface area contributed by atoms with Gasteiger partial charge in [-0.15, -0.1) is 0 Å². The molecule has 0 bridgehead atoms. The zero-order chi connectivity index (χ0) is 15.5. The molecule has 21 heavy (non-hydrogen) atoms. The second-order valence-corrected chi connectivity index (χ2v) is 8.54. The number of hydrogen-bond donors (Lipinski definition) is 0. The van der Waals surface area contributed by atoms with Crippen molar-refractivity contribution in [2.45, 2.75) is 45.1 Å². The summed E-state index contributed by atoms with van der Waals surface area (Å²) in [5, 5.41) is 0.665. The third-order valence-electron chi connectivity index (χ3n) is 4.51. The van der Waals surface area contributed by atoms with Crippen molar-refractivity contribution in [2.24, 2.45) is 5.92 Å². The molecule has 0 spiro atoms. The van der Waals surface area contributed by atoms with Gasteiger partial charge in [-0.25, -0.2) is 8.42 Å². The lowest BCUT2D eigenvalue weighted by Gasteiger charge is -2.28. The molecule has 1 saturated carbocycles. The molecule has 1 aromatic carbocycles. The minimum Gasteiger partial charge on any atom is -0.212 e. The molecule has 1 fully saturated rings. The second kappa shape index (κ2) is 7.12. The van der Waals surface area contributed by atoms with Crippen molar-refractivity contribution in [3.05, 3.63) is 34.9 Å². The summed E-state index contributed by atoms with van der Waals surface area (Å²) in [4.78, 5) is 0. The Bertz CT molecular complexity index is 550. The van der Waals surface area contributed by atoms with Crippen molar-refractivity contribution in [1.29, 1.82) is 0 Å². The van der Waals surface area contributed by atoms with Crippen LogP contribution in [0.25, 0.3) is 0 Å². The van der Waals surface area contributed by atoms with E-state index in [0.29, 0.717) is 10.9 Å². The SMILES string of the molecule is CC(c1ccc(Cl)cc1)N(C)S(=O)(=O)CC1CCCCC1. The molecule has 3 nitrogen and oxygen atoms in total. The summed E-state index contributed by atoms with van der Waals surface area (Å²) >= 11 is 5.88. The van der Waals surface area contributed by atoms with Crippen LogP contribution in [-0.4, -0.2) is 25.5 Å². The summed E-state index contributed by atoms with van der Waals surface area (Å²) in [5.41, 5.74) is 0.967. The van der Waals surface area contributed by atoms with E-state index in [0.717, 1.165) is 31.2 Å². The van der Waals surface area contributed by atoms with Crippen molar-refractivity contribution < 1.29 is 8.42 Å². The largest absolute Gasteiger partial charge is 0.214 e. The maximum Gasteiger partial charge on any atom is 0.214 e. The van der Waals surface area contributed by atoms with Crippen LogP contribution in [0.2, 0.25) is 5.02 Å². The monoisotopic (exact) mass is 329 g/mol. The quantitative estimate of drug-likeness (QED) is 0.810. The Balaban J connectivity index is 2.05. The van der Waals surface area contributed by atoms with E-state index in [9.17, 15) is 8.42 Å². The van der Waals surface area contributed by atoms with Gasteiger partial charge in [-0.05, 0) is 43.4 Å². The number of hydrogen-bond acceptors (Lipinski definition) is 2. The molecule has 1 aromatic rings. The highest BCUT2D eigenvalue weighted by Gasteiger charge is 2.28. The fourth-order valence-electron chi connectivity index (χ4n) is 2.96. The number of rotatable bonds is 5. The molecule has 0 amide bonds. The first-order valence-electron chi connectivity index (χ1n) is 7.61. The van der Waals surface area contributed by atoms with Crippen LogP contribution in [-0.2, 0) is 10.0 Å². The predicted octanol–water partition coefficient (Wildman–Crippen LogP) is 4.24. The molecule has 1 aliphatic carbocycles. The summed E-state index contributed by atoms with van der Waals surface area (Å²) in [6.45, 7) is 1.92. The Labute approximate surface area is 133 Å². The van der Waals surface area contributed by atoms with Crippen molar-refractivity contribution in [3.63, 3.8) is 0 Å². The molecule has 1 atom stereocenters. The van der Waals surface area contributed by atoms with Crippen LogP contribution in [0.4, 0.5) is 0 Å². The van der Waals surface area contributed by atoms with Crippen LogP contribution < -0.4 is 0 Å². The van der Waals surface area contributed by atoms with Crippen LogP contribution in [0.3, 0.4) is 0 Å². The van der Waals surface area contributed by atoms with E-state index >= 15 is 0 Å². The fourth-order valence-corrected chi connectivity index (χ4v) is 4.86. The van der Waals surface area contributed by atoms with Gasteiger partial charge < -0.3 is 0 Å². The Morgan fingerprint density at radius 1 is 1.19 bits per heavy atom. The molecule has 118 valence electrons. The van der Waals surface area contributed by atoms with E-state index in [1.165, 1.54) is 10.7 Å². The van der Waals surface area contributed by atoms with Crippen LogP contribution >= 0.6 is 11.6 Å². The van der Waals surface area contributed by atoms with Gasteiger partial charge in [-0.1, -0.05) is 43.0 Å². The normalized spacial score (nSPS) is 18.9. The van der Waals surface area contributed by atoms with Gasteiger partial charge in [-0.2, -0.15) is 4.31 Å². The second-order valence-electron chi connectivity index (χ2n) is 6.03. The van der Waals surface area contributed by atoms with Crippen LogP contribution in [0.15, 0.2) is 24.3 Å². The summed E-state index contributed by atoms with van der Waals surface area (Å²) in [7, 11) is -1.54. The predicted molar refractivity (Wildman–Crippen MR) is 88.0 cm³/mol. The zero-order valence-electron chi connectivity index (χ0n) is 12.8. The third-order valence-corrected chi connectivity index (χ3v) is 6.85. The maximum atomic E-state index is 12.6. The number of nitrogens with zero attached hydrogens (tertiary/aromatic N) is 1. The standard InChI is InChI=1S/C16H24ClNO2S/c1-13(15-8-10-16(17)11-9-15)18(2)21(19,20)12-14-6-4-3-5-7-14/h8-11,13-14H,3-7,12H2,1-2H3. The molecule has 0 aromatic heterocycles. The Morgan fingerprint density at radius 2 is 1.76 bits per heavy atom. The van der Waals surface area contributed by atoms with Crippen molar-refractivity contribution >= 4 is 21.6 Å². The molecule has 2 rings (SSSR count).